The second-order valence-corrected chi connectivity index (χ2v) is 31.1. The Morgan fingerprint density at radius 3 is 1.49 bits per heavy atom. The molecule has 11 heterocycles. The van der Waals surface area contributed by atoms with Crippen molar-refractivity contribution in [3.63, 3.8) is 0 Å². The van der Waals surface area contributed by atoms with Crippen molar-refractivity contribution in [3.8, 4) is 0 Å². The molecule has 6 aromatic rings. The minimum absolute atomic E-state index is 0. The van der Waals surface area contributed by atoms with Crippen molar-refractivity contribution in [2.24, 2.45) is 5.73 Å². The number of nitrogens with one attached hydrogen (secondary N) is 7. The van der Waals surface area contributed by atoms with Crippen LogP contribution in [0.2, 0.25) is 46.2 Å². The highest BCUT2D eigenvalue weighted by atomic mass is 127. The van der Waals surface area contributed by atoms with Crippen molar-refractivity contribution in [3.05, 3.63) is 102 Å². The molecule has 6 aromatic heterocycles. The number of esters is 4. The van der Waals surface area contributed by atoms with Crippen molar-refractivity contribution in [2.75, 3.05) is 35.0 Å². The molecule has 0 radical (unpaired) electrons. The van der Waals surface area contributed by atoms with Gasteiger partial charge in [-0.25, -0.2) is 29.9 Å². The normalized spacial score (nSPS) is 17.9. The molecule has 0 aromatic carbocycles. The first kappa shape index (κ1) is 95.7. The van der Waals surface area contributed by atoms with E-state index in [9.17, 15) is 43.8 Å². The highest BCUT2D eigenvalue weighted by Crippen LogP contribution is 2.28. The van der Waals surface area contributed by atoms with Crippen LogP contribution in [0.5, 0.6) is 0 Å². The number of carbonyl (C=O) groups is 6. The highest BCUT2D eigenvalue weighted by molar-refractivity contribution is 14.1. The van der Waals surface area contributed by atoms with Crippen LogP contribution in [0.4, 0.5) is 0 Å². The van der Waals surface area contributed by atoms with E-state index in [0.29, 0.717) is 71.6 Å². The molecule has 5 aliphatic rings. The number of carboxylic acid groups (broad SMARTS) is 2. The first-order chi connectivity index (χ1) is 44.6. The molecule has 0 bridgehead atoms. The highest BCUT2D eigenvalue weighted by Gasteiger charge is 2.41. The van der Waals surface area contributed by atoms with Crippen LogP contribution >= 0.6 is 126 Å². The predicted octanol–water partition coefficient (Wildman–Crippen LogP) is 0.401. The Balaban J connectivity index is 0.00000119. The van der Waals surface area contributed by atoms with Crippen LogP contribution in [0, 0.1) is 7.66 Å². The van der Waals surface area contributed by atoms with Crippen LogP contribution in [0.3, 0.4) is 0 Å². The summed E-state index contributed by atoms with van der Waals surface area (Å²) in [5, 5.41) is 52.5. The number of halogens is 2. The van der Waals surface area contributed by atoms with Crippen LogP contribution < -0.4 is 16.4 Å². The number of aliphatic carboxylic acids is 2. The lowest BCUT2D eigenvalue weighted by Gasteiger charge is -2.34. The van der Waals surface area contributed by atoms with Gasteiger partial charge in [0.05, 0.1) is 111 Å². The van der Waals surface area contributed by atoms with Gasteiger partial charge in [0.1, 0.15) is 43.0 Å². The Morgan fingerprint density at radius 1 is 0.600 bits per heavy atom. The van der Waals surface area contributed by atoms with Gasteiger partial charge in [0.25, 0.3) is 0 Å². The van der Waals surface area contributed by atoms with E-state index in [1.807, 2.05) is 4.57 Å². The fourth-order valence-corrected chi connectivity index (χ4v) is 12.5. The predicted molar refractivity (Wildman–Crippen MR) is 421 cm³/mol. The number of nitrogens with two attached hydrogens (primary N) is 1. The molecule has 0 fully saturated rings. The zero-order valence-corrected chi connectivity index (χ0v) is 68.3. The van der Waals surface area contributed by atoms with Gasteiger partial charge in [0.2, 0.25) is 0 Å². The lowest BCUT2D eigenvalue weighted by atomic mass is 9.80. The minimum Gasteiger partial charge on any atom is -0.480 e. The van der Waals surface area contributed by atoms with Crippen LogP contribution in [0.1, 0.15) is 62.6 Å². The first-order valence-corrected chi connectivity index (χ1v) is 35.8. The molecular weight excluding hydrogens is 1660 g/mol. The number of methoxy groups -OCH3 is 4. The van der Waals surface area contributed by atoms with Gasteiger partial charge >= 0.3 is 57.0 Å². The molecule has 0 saturated heterocycles. The summed E-state index contributed by atoms with van der Waals surface area (Å²) in [5.74, 6) is -3.07. The van der Waals surface area contributed by atoms with Gasteiger partial charge in [0.15, 0.2) is 7.66 Å². The van der Waals surface area contributed by atoms with E-state index in [-0.39, 0.29) is 117 Å². The third-order valence-corrected chi connectivity index (χ3v) is 18.8. The second kappa shape index (κ2) is 45.8. The zero-order valence-electron chi connectivity index (χ0n) is 57.0. The molecule has 0 aliphatic carbocycles. The number of hydrogen-bond donors (Lipinski definition) is 13. The summed E-state index contributed by atoms with van der Waals surface area (Å²) >= 11 is 4.29. The molecule has 0 saturated carbocycles. The number of carbonyl (C=O) groups excluding carboxylic acids is 4. The Kier molecular flexibility index (Phi) is 43.8. The van der Waals surface area contributed by atoms with Crippen molar-refractivity contribution in [1.82, 2.24) is 84.5 Å². The molecule has 0 amide bonds. The molecule has 0 spiro atoms. The zero-order chi connectivity index (χ0) is 69.1. The number of carboxylic acids is 2. The Labute approximate surface area is 651 Å². The van der Waals surface area contributed by atoms with E-state index in [1.165, 1.54) is 34.8 Å². The van der Waals surface area contributed by atoms with E-state index in [2.05, 4.69) is 135 Å². The van der Waals surface area contributed by atoms with Gasteiger partial charge in [-0.15, -0.1) is 0 Å². The van der Waals surface area contributed by atoms with Gasteiger partial charge in [-0.05, 0) is 49.1 Å². The van der Waals surface area contributed by atoms with Gasteiger partial charge in [-0.2, -0.15) is 81.0 Å². The summed E-state index contributed by atoms with van der Waals surface area (Å²) in [5.41, 5.74) is 15.4. The summed E-state index contributed by atoms with van der Waals surface area (Å²) < 4.78 is 28.6. The van der Waals surface area contributed by atoms with Crippen LogP contribution in [-0.2, 0) is 130 Å². The number of nitrogens with zero attached hydrogens (tertiary/aromatic N) is 10. The lowest BCUT2D eigenvalue weighted by Crippen LogP contribution is -2.52. The number of hydrogen-bond acceptors (Lipinski definition) is 26. The van der Waals surface area contributed by atoms with E-state index in [1.54, 1.807) is 60.1 Å². The van der Waals surface area contributed by atoms with E-state index in [0.717, 1.165) is 82.9 Å². The second-order valence-electron chi connectivity index (χ2n) is 23.5. The van der Waals surface area contributed by atoms with Crippen molar-refractivity contribution >= 4 is 191 Å². The van der Waals surface area contributed by atoms with E-state index < -0.39 is 71.4 Å². The van der Waals surface area contributed by atoms with Gasteiger partial charge in [-0.3, -0.25) is 58.4 Å². The third kappa shape index (κ3) is 27.6. The van der Waals surface area contributed by atoms with Crippen LogP contribution in [0.15, 0.2) is 31.5 Å². The number of aromatic amines is 5. The van der Waals surface area contributed by atoms with E-state index >= 15 is 0 Å². The van der Waals surface area contributed by atoms with Gasteiger partial charge in [0, 0.05) is 120 Å². The van der Waals surface area contributed by atoms with E-state index in [4.69, 9.17) is 34.9 Å². The van der Waals surface area contributed by atoms with Gasteiger partial charge < -0.3 is 79.6 Å². The fraction of sp³-hybridized carbons (Fsp3) is 0.556. The molecule has 5 aliphatic heterocycles. The molecular formula is C54H95B3I2N18O16S6Si. The summed E-state index contributed by atoms with van der Waals surface area (Å²) in [6.45, 7) is 15.7. The SMILES string of the molecule is COC(=O)[C@@H]1Cc2nc(I)[nH]c2CN1B(C)O.COC(=O)[C@@H]1Cc2nc(I)n(COCC[Si](C)(C)C)c2CN1B(C)O.COC(=O)[C@@H]1Cc2nc[nH]c2CN1.COC(=O)[C@@H]1Cc2nc[nH]c2CN1B(C)O.N[C@@H](Cc1cnc[nH]1)C(=O)O.O=C(O)[C@@H]1Cc2nc[nH]c2CN1.S.S.S.S.S.S. The average molecular weight is 1760 g/mol. The maximum absolute atomic E-state index is 12.1. The quantitative estimate of drug-likeness (QED) is 0.0205. The molecule has 11 rings (SSSR count). The maximum atomic E-state index is 12.1. The van der Waals surface area contributed by atoms with Crippen molar-refractivity contribution < 1.29 is 77.7 Å². The fourth-order valence-electron chi connectivity index (χ4n) is 10.4. The molecule has 14 N–H and O–H groups in total. The van der Waals surface area contributed by atoms with Crippen LogP contribution in [0.25, 0.3) is 0 Å². The molecule has 560 valence electrons. The monoisotopic (exact) mass is 1760 g/mol. The number of H-pyrrole nitrogens is 5. The number of ether oxygens (including phenoxy) is 5. The first-order valence-electron chi connectivity index (χ1n) is 29.9. The topological polar surface area (TPSA) is 471 Å². The summed E-state index contributed by atoms with van der Waals surface area (Å²) in [4.78, 5) is 112. The van der Waals surface area contributed by atoms with Crippen LogP contribution in [-0.4, -0.2) is 235 Å². The number of imidazole rings is 6. The molecule has 0 unspecified atom stereocenters. The van der Waals surface area contributed by atoms with Gasteiger partial charge in [-0.1, -0.05) is 19.6 Å². The summed E-state index contributed by atoms with van der Waals surface area (Å²) in [6, 6.07) is -1.90. The maximum Gasteiger partial charge on any atom is 0.377 e. The van der Waals surface area contributed by atoms with Crippen molar-refractivity contribution in [1.29, 1.82) is 0 Å². The summed E-state index contributed by atoms with van der Waals surface area (Å²) in [6.07, 6.45) is 10.6. The Hall–Kier alpha value is -4.35. The lowest BCUT2D eigenvalue weighted by molar-refractivity contribution is -0.146. The number of aromatic nitrogens is 12. The molecule has 6 atom stereocenters. The largest absolute Gasteiger partial charge is 0.480 e. The smallest absolute Gasteiger partial charge is 0.377 e. The number of rotatable bonds is 16. The third-order valence-electron chi connectivity index (χ3n) is 15.8. The standard InChI is InChI=1S/C15H27BIN3O4Si.C9H13BIN3O3.C9H14BN3O3.C8H11N3O2.C7H9N3O2.C6H9N3O2.6H2S/c1-16(22)20-9-13-11(8-12(20)14(21)23-2)18-15(17)19(13)10-24-6-7-25(3,4)5;1-10(16)14-4-6-5(12-9(11)13-6)3-7(14)8(15)17-2;1-10(15)13-4-7-6(11-5-12-7)3-8(13)9(14)16-2;1-13-8(12)6-2-5-7(3-9-6)11-4-10-5;11-7(12)5-1-4-6(2-8-5)10-3-9-4;7-5(6(10)11)1-4-2-8-3-9-4;;;;;;/h12,22H,6-10H2,1-5H3;7,16H,3-4H2,1-2H3,(H,12,13);5,8,15H,3-4H2,1-2H3,(H,11,12);4,6,9H,2-3H2,1H3,(H,10,11);3,5,8H,1-2H2,(H,9,10)(H,11,12);2-3,5H,1,7H2,(H,8,9)(H,10,11);6*1H2/t12-;7-;8-;6-;2*5-;;;;;;/m000000....../s1. The van der Waals surface area contributed by atoms with Crippen molar-refractivity contribution in [2.45, 2.75) is 160 Å². The number of fused-ring (bicyclic) bond motifs is 5. The Morgan fingerprint density at radius 2 is 1.04 bits per heavy atom. The summed E-state index contributed by atoms with van der Waals surface area (Å²) in [7, 11) is 2.21. The Bertz CT molecular complexity index is 3470. The average Bonchev–Trinajstić information content (AvgIpc) is 1.62. The molecule has 46 heteroatoms. The minimum atomic E-state index is -1.12. The molecule has 34 nitrogen and oxygen atoms in total. The molecule has 100 heavy (non-hydrogen) atoms.